The molecule has 0 saturated heterocycles. The normalized spacial score (nSPS) is 15.7. The molecule has 194 valence electrons. The minimum atomic E-state index is -1.12. The van der Waals surface area contributed by atoms with E-state index in [2.05, 4.69) is 55.0 Å². The number of nitrogens with zero attached hydrogens (tertiary/aromatic N) is 6. The summed E-state index contributed by atoms with van der Waals surface area (Å²) in [5, 5.41) is 0. The molecule has 8 heteroatoms. The monoisotopic (exact) mass is 522 g/mol. The molecule has 4 aromatic heterocycles. The predicted molar refractivity (Wildman–Crippen MR) is 154 cm³/mol. The van der Waals surface area contributed by atoms with Gasteiger partial charge in [-0.25, -0.2) is 24.9 Å². The maximum Gasteiger partial charge on any atom is 0.161 e. The maximum absolute atomic E-state index is 5.99. The second-order valence-corrected chi connectivity index (χ2v) is 17.2. The van der Waals surface area contributed by atoms with Crippen molar-refractivity contribution in [3.63, 3.8) is 0 Å². The van der Waals surface area contributed by atoms with E-state index in [1.807, 2.05) is 29.8 Å². The first-order chi connectivity index (χ1) is 18.4. The number of imidazole rings is 1. The van der Waals surface area contributed by atoms with Gasteiger partial charge in [-0.3, -0.25) is 4.57 Å². The molecule has 1 aliphatic rings. The van der Waals surface area contributed by atoms with Crippen LogP contribution >= 0.6 is 0 Å². The van der Waals surface area contributed by atoms with Crippen LogP contribution in [0.25, 0.3) is 33.5 Å². The molecular formula is C30H34N6OSi. The quantitative estimate of drug-likeness (QED) is 0.184. The highest BCUT2D eigenvalue weighted by Crippen LogP contribution is 2.34. The van der Waals surface area contributed by atoms with Gasteiger partial charge in [0.2, 0.25) is 0 Å². The summed E-state index contributed by atoms with van der Waals surface area (Å²) >= 11 is 0. The molecule has 1 unspecified atom stereocenters. The van der Waals surface area contributed by atoms with Gasteiger partial charge in [-0.05, 0) is 61.6 Å². The van der Waals surface area contributed by atoms with Crippen molar-refractivity contribution in [3.8, 4) is 11.3 Å². The van der Waals surface area contributed by atoms with Gasteiger partial charge in [-0.2, -0.15) is 0 Å². The Hall–Kier alpha value is -3.49. The molecule has 38 heavy (non-hydrogen) atoms. The van der Waals surface area contributed by atoms with E-state index in [0.717, 1.165) is 76.9 Å². The van der Waals surface area contributed by atoms with Crippen LogP contribution in [0.2, 0.25) is 25.7 Å². The van der Waals surface area contributed by atoms with Crippen LogP contribution in [0.1, 0.15) is 35.0 Å². The van der Waals surface area contributed by atoms with Crippen molar-refractivity contribution in [1.82, 2.24) is 29.5 Å². The molecule has 1 aliphatic carbocycles. The fraction of sp³-hybridized carbons (Fsp3) is 0.367. The fourth-order valence-corrected chi connectivity index (χ4v) is 6.06. The first-order valence-electron chi connectivity index (χ1n) is 13.5. The van der Waals surface area contributed by atoms with Gasteiger partial charge in [-0.1, -0.05) is 43.9 Å². The Bertz CT molecular complexity index is 1620. The lowest BCUT2D eigenvalue weighted by Gasteiger charge is -2.24. The third-order valence-electron chi connectivity index (χ3n) is 7.53. The largest absolute Gasteiger partial charge is 0.361 e. The maximum atomic E-state index is 5.99. The van der Waals surface area contributed by atoms with Gasteiger partial charge in [0, 0.05) is 32.4 Å². The fourth-order valence-electron chi connectivity index (χ4n) is 5.30. The minimum absolute atomic E-state index is 0.332. The Labute approximate surface area is 224 Å². The first-order valence-corrected chi connectivity index (χ1v) is 17.2. The van der Waals surface area contributed by atoms with Gasteiger partial charge in [0.05, 0.1) is 16.9 Å². The lowest BCUT2D eigenvalue weighted by Crippen LogP contribution is -2.22. The molecule has 7 nitrogen and oxygen atoms in total. The van der Waals surface area contributed by atoms with Gasteiger partial charge in [-0.15, -0.1) is 0 Å². The van der Waals surface area contributed by atoms with Gasteiger partial charge in [0.1, 0.15) is 29.9 Å². The molecule has 0 fully saturated rings. The Morgan fingerprint density at radius 1 is 0.974 bits per heavy atom. The zero-order chi connectivity index (χ0) is 26.3. The predicted octanol–water partition coefficient (Wildman–Crippen LogP) is 6.33. The number of benzene rings is 1. The zero-order valence-corrected chi connectivity index (χ0v) is 23.6. The summed E-state index contributed by atoms with van der Waals surface area (Å²) in [4.78, 5) is 23.9. The van der Waals surface area contributed by atoms with Crippen molar-refractivity contribution < 1.29 is 4.74 Å². The number of rotatable bonds is 7. The van der Waals surface area contributed by atoms with Gasteiger partial charge >= 0.3 is 0 Å². The third-order valence-corrected chi connectivity index (χ3v) is 9.24. The molecule has 0 N–H and O–H groups in total. The summed E-state index contributed by atoms with van der Waals surface area (Å²) in [5.41, 5.74) is 9.15. The van der Waals surface area contributed by atoms with Crippen molar-refractivity contribution in [1.29, 1.82) is 0 Å². The zero-order valence-electron chi connectivity index (χ0n) is 22.6. The molecule has 1 atom stereocenters. The van der Waals surface area contributed by atoms with Crippen molar-refractivity contribution in [2.24, 2.45) is 0 Å². The van der Waals surface area contributed by atoms with E-state index in [-0.39, 0.29) is 0 Å². The van der Waals surface area contributed by atoms with E-state index in [9.17, 15) is 0 Å². The van der Waals surface area contributed by atoms with Crippen molar-refractivity contribution >= 4 is 30.3 Å². The molecule has 0 saturated carbocycles. The molecule has 0 amide bonds. The summed E-state index contributed by atoms with van der Waals surface area (Å²) in [6.07, 6.45) is 6.68. The standard InChI is InChI=1S/C30H34N6OSi/c1-20-34-27-16-24(17-31-30(27)36(20)19-37-13-14-38(2,3)4)25-11-12-26-29(35-25)28(33-18-32-26)23-10-9-21-7-5-6-8-22(21)15-23/h5-8,11-12,16-18,23H,9-10,13-15,19H2,1-4H3. The topological polar surface area (TPSA) is 78.6 Å². The van der Waals surface area contributed by atoms with E-state index in [0.29, 0.717) is 12.6 Å². The number of aromatic nitrogens is 6. The van der Waals surface area contributed by atoms with Crippen LogP contribution in [0.3, 0.4) is 0 Å². The molecule has 1 aromatic carbocycles. The van der Waals surface area contributed by atoms with Crippen molar-refractivity contribution in [2.75, 3.05) is 6.61 Å². The number of hydrogen-bond acceptors (Lipinski definition) is 6. The minimum Gasteiger partial charge on any atom is -0.361 e. The molecule has 0 radical (unpaired) electrons. The van der Waals surface area contributed by atoms with Gasteiger partial charge < -0.3 is 4.74 Å². The SMILES string of the molecule is Cc1nc2cc(-c3ccc4ncnc(C5CCc6ccccc6C5)c4n3)cnc2n1COCC[Si](C)(C)C. The number of fused-ring (bicyclic) bond motifs is 3. The highest BCUT2D eigenvalue weighted by molar-refractivity contribution is 6.76. The number of aryl methyl sites for hydroxylation is 2. The molecule has 0 aliphatic heterocycles. The highest BCUT2D eigenvalue weighted by Gasteiger charge is 2.24. The second kappa shape index (κ2) is 10.00. The smallest absolute Gasteiger partial charge is 0.161 e. The van der Waals surface area contributed by atoms with E-state index in [1.165, 1.54) is 11.1 Å². The summed E-state index contributed by atoms with van der Waals surface area (Å²) < 4.78 is 8.04. The van der Waals surface area contributed by atoms with E-state index >= 15 is 0 Å². The molecule has 0 bridgehead atoms. The lowest BCUT2D eigenvalue weighted by molar-refractivity contribution is 0.0881. The molecule has 6 rings (SSSR count). The Morgan fingerprint density at radius 2 is 1.82 bits per heavy atom. The van der Waals surface area contributed by atoms with Crippen LogP contribution in [0, 0.1) is 6.92 Å². The lowest BCUT2D eigenvalue weighted by atomic mass is 9.82. The summed E-state index contributed by atoms with van der Waals surface area (Å²) in [6.45, 7) is 10.3. The summed E-state index contributed by atoms with van der Waals surface area (Å²) in [5.74, 6) is 1.23. The molecule has 5 aromatic rings. The third kappa shape index (κ3) is 4.98. The van der Waals surface area contributed by atoms with E-state index < -0.39 is 8.07 Å². The second-order valence-electron chi connectivity index (χ2n) is 11.5. The molecular weight excluding hydrogens is 488 g/mol. The van der Waals surface area contributed by atoms with E-state index in [4.69, 9.17) is 24.7 Å². The Kier molecular flexibility index (Phi) is 6.53. The van der Waals surface area contributed by atoms with Crippen LogP contribution in [0.15, 0.2) is 55.0 Å². The van der Waals surface area contributed by atoms with Crippen LogP contribution < -0.4 is 0 Å². The van der Waals surface area contributed by atoms with Crippen LogP contribution in [0.4, 0.5) is 0 Å². The number of hydrogen-bond donors (Lipinski definition) is 0. The summed E-state index contributed by atoms with van der Waals surface area (Å²) in [6, 6.07) is 16.0. The Balaban J connectivity index is 1.29. The average molecular weight is 523 g/mol. The molecule has 0 spiro atoms. The van der Waals surface area contributed by atoms with Crippen LogP contribution in [-0.4, -0.2) is 44.2 Å². The number of ether oxygens (including phenoxy) is 1. The summed E-state index contributed by atoms with van der Waals surface area (Å²) in [7, 11) is -1.12. The van der Waals surface area contributed by atoms with Gasteiger partial charge in [0.15, 0.2) is 5.65 Å². The van der Waals surface area contributed by atoms with E-state index in [1.54, 1.807) is 6.33 Å². The van der Waals surface area contributed by atoms with Crippen LogP contribution in [-0.2, 0) is 24.3 Å². The average Bonchev–Trinajstić information content (AvgIpc) is 3.23. The highest BCUT2D eigenvalue weighted by atomic mass is 28.3. The van der Waals surface area contributed by atoms with Crippen LogP contribution in [0.5, 0.6) is 0 Å². The first kappa shape index (κ1) is 24.8. The van der Waals surface area contributed by atoms with Crippen molar-refractivity contribution in [2.45, 2.75) is 64.5 Å². The molecule has 4 heterocycles. The van der Waals surface area contributed by atoms with Crippen molar-refractivity contribution in [3.05, 3.63) is 77.6 Å². The Morgan fingerprint density at radius 3 is 2.66 bits per heavy atom. The van der Waals surface area contributed by atoms with Gasteiger partial charge in [0.25, 0.3) is 0 Å². The number of pyridine rings is 2.